The maximum Gasteiger partial charge on any atom is 0.270 e. The fourth-order valence-electron chi connectivity index (χ4n) is 13.1. The van der Waals surface area contributed by atoms with E-state index in [1.807, 2.05) is 158 Å². The number of nitrogens with zero attached hydrogens (tertiary/aromatic N) is 13. The van der Waals surface area contributed by atoms with Crippen LogP contribution in [0.4, 0.5) is 34.9 Å². The number of likely N-dealkylation sites (tertiary alicyclic amines) is 1. The standard InChI is InChI=1S/C27H29N7O2.C26H29N7O2.C24H24N6O2/c35-26(34-11-7-21(8-12-34)33-13-15-36-16-14-33)25-18-19-17-20(4-5-22(19)31-25)30-27-29-10-6-24(32-27)23-3-1-2-9-28-23;1-32(11-4-12-33-13-15-35-16-14-33)25(34)24-18-19-17-20(6-7-21(19)30-24)29-26-28-10-8-23(31-26)22-5-2-3-9-27-22;31-23(27-15-16-7-11-32-12-8-16)22-14-17-13-18(4-5-19(17)29-22)28-24-26-10-6-21(30-24)20-3-1-2-9-25-20/h1-6,9-10,17-18,21,31H,7-8,11-16H2,(H,29,30,32);2-3,5-10,17-18,30H,4,11-16H2,1H3,(H,28,29,31);1-6,9-10,13-14,16,29H,7-8,11-12,15H2,(H,27,31)(H,26,28,30). The number of carbonyl (C=O) groups is 3. The summed E-state index contributed by atoms with van der Waals surface area (Å²) in [5, 5.41) is 15.6. The number of carbonyl (C=O) groups excluding carboxylic acids is 3. The van der Waals surface area contributed by atoms with Crippen molar-refractivity contribution < 1.29 is 28.6 Å². The van der Waals surface area contributed by atoms with E-state index < -0.39 is 0 Å². The van der Waals surface area contributed by atoms with Crippen molar-refractivity contribution in [3.8, 4) is 34.2 Å². The van der Waals surface area contributed by atoms with Crippen LogP contribution in [0.2, 0.25) is 0 Å². The molecule has 4 saturated heterocycles. The molecule has 7 N–H and O–H groups in total. The SMILES string of the molecule is CN(CCCN1CCOCC1)C(=O)c1cc2cc(Nc3nccc(-c4ccccn4)n3)ccc2[nH]1.O=C(NCC1CCOCC1)c1cc2cc(Nc3nccc(-c4ccccn4)n3)ccc2[nH]1.O=C(c1cc2cc(Nc3nccc(-c4ccccn4)n3)ccc2[nH]1)N1CCC(N2CCOCC2)CC1. The van der Waals surface area contributed by atoms with Crippen molar-refractivity contribution in [2.24, 2.45) is 5.92 Å². The molecule has 3 aromatic carbocycles. The summed E-state index contributed by atoms with van der Waals surface area (Å²) in [7, 11) is 1.85. The molecular formula is C77H82N20O6. The molecular weight excluding hydrogens is 1300 g/mol. The lowest BCUT2D eigenvalue weighted by atomic mass is 10.0. The van der Waals surface area contributed by atoms with E-state index in [1.165, 1.54) is 0 Å². The van der Waals surface area contributed by atoms with E-state index in [-0.39, 0.29) is 17.7 Å². The first kappa shape index (κ1) is 68.7. The molecule has 0 saturated carbocycles. The van der Waals surface area contributed by atoms with Gasteiger partial charge >= 0.3 is 0 Å². The molecule has 0 spiro atoms. The minimum absolute atomic E-state index is 0.0101. The summed E-state index contributed by atoms with van der Waals surface area (Å²) in [4.78, 5) is 96.9. The first-order chi connectivity index (χ1) is 50.6. The second kappa shape index (κ2) is 33.4. The third-order valence-corrected chi connectivity index (χ3v) is 18.7. The molecule has 0 radical (unpaired) electrons. The number of aromatic nitrogens is 12. The number of piperidine rings is 1. The van der Waals surface area contributed by atoms with Gasteiger partial charge in [0.25, 0.3) is 17.7 Å². The largest absolute Gasteiger partial charge is 0.381 e. The average Bonchev–Trinajstić information content (AvgIpc) is 1.70. The lowest BCUT2D eigenvalue weighted by molar-refractivity contribution is 0.00154. The van der Waals surface area contributed by atoms with E-state index in [2.05, 4.69) is 90.9 Å². The molecule has 4 fully saturated rings. The summed E-state index contributed by atoms with van der Waals surface area (Å²) >= 11 is 0. The maximum atomic E-state index is 13.2. The molecule has 0 unspecified atom stereocenters. The Balaban J connectivity index is 0.000000131. The van der Waals surface area contributed by atoms with Crippen LogP contribution in [0.15, 0.2) is 183 Å². The minimum Gasteiger partial charge on any atom is -0.381 e. The molecule has 4 aliphatic heterocycles. The van der Waals surface area contributed by atoms with Crippen molar-refractivity contribution in [3.05, 3.63) is 200 Å². The van der Waals surface area contributed by atoms with Crippen LogP contribution in [0, 0.1) is 5.92 Å². The Morgan fingerprint density at radius 3 is 1.40 bits per heavy atom. The number of nitrogens with one attached hydrogen (secondary N) is 7. The van der Waals surface area contributed by atoms with Crippen molar-refractivity contribution in [2.45, 2.75) is 38.1 Å². The fraction of sp³-hybridized carbons (Fsp3) is 0.299. The first-order valence-corrected chi connectivity index (χ1v) is 35.1. The molecule has 26 heteroatoms. The number of morpholine rings is 2. The molecule has 16 rings (SSSR count). The van der Waals surface area contributed by atoms with Crippen LogP contribution >= 0.6 is 0 Å². The summed E-state index contributed by atoms with van der Waals surface area (Å²) < 4.78 is 16.2. The van der Waals surface area contributed by atoms with Crippen LogP contribution in [0.25, 0.3) is 66.9 Å². The Bertz CT molecular complexity index is 4800. The highest BCUT2D eigenvalue weighted by Gasteiger charge is 2.29. The van der Waals surface area contributed by atoms with Gasteiger partial charge in [0.1, 0.15) is 17.1 Å². The minimum atomic E-state index is -0.0893. The Hall–Kier alpha value is -11.4. The van der Waals surface area contributed by atoms with Crippen molar-refractivity contribution in [1.82, 2.24) is 84.7 Å². The Kier molecular flexibility index (Phi) is 22.3. The van der Waals surface area contributed by atoms with Crippen molar-refractivity contribution in [3.63, 3.8) is 0 Å². The Morgan fingerprint density at radius 1 is 0.466 bits per heavy atom. The van der Waals surface area contributed by atoms with Crippen molar-refractivity contribution in [2.75, 3.05) is 122 Å². The molecule has 526 valence electrons. The third kappa shape index (κ3) is 18.0. The van der Waals surface area contributed by atoms with E-state index >= 15 is 0 Å². The quantitative estimate of drug-likeness (QED) is 0.0396. The van der Waals surface area contributed by atoms with E-state index in [0.717, 1.165) is 201 Å². The van der Waals surface area contributed by atoms with Gasteiger partial charge in [-0.3, -0.25) is 39.1 Å². The normalized spacial score (nSPS) is 15.4. The highest BCUT2D eigenvalue weighted by atomic mass is 16.5. The zero-order valence-corrected chi connectivity index (χ0v) is 57.4. The number of H-pyrrole nitrogens is 3. The van der Waals surface area contributed by atoms with Gasteiger partial charge in [0.2, 0.25) is 17.8 Å². The molecule has 0 atom stereocenters. The molecule has 103 heavy (non-hydrogen) atoms. The molecule has 13 heterocycles. The lowest BCUT2D eigenvalue weighted by Crippen LogP contribution is -2.50. The van der Waals surface area contributed by atoms with Gasteiger partial charge in [0, 0.05) is 172 Å². The van der Waals surface area contributed by atoms with Crippen molar-refractivity contribution in [1.29, 1.82) is 0 Å². The molecule has 9 aromatic heterocycles. The fourth-order valence-corrected chi connectivity index (χ4v) is 13.1. The number of hydrogen-bond acceptors (Lipinski definition) is 20. The monoisotopic (exact) mass is 1380 g/mol. The van der Waals surface area contributed by atoms with Crippen LogP contribution in [0.3, 0.4) is 0 Å². The zero-order chi connectivity index (χ0) is 70.1. The summed E-state index contributed by atoms with van der Waals surface area (Å²) in [6.07, 6.45) is 15.3. The van der Waals surface area contributed by atoms with Crippen LogP contribution in [0.1, 0.15) is 63.6 Å². The number of anilines is 6. The number of ether oxygens (including phenoxy) is 3. The molecule has 0 aliphatic carbocycles. The summed E-state index contributed by atoms with van der Waals surface area (Å²) in [5.74, 6) is 1.91. The maximum absolute atomic E-state index is 13.2. The molecule has 12 aromatic rings. The van der Waals surface area contributed by atoms with Gasteiger partial charge in [-0.05, 0) is 165 Å². The number of benzene rings is 3. The summed E-state index contributed by atoms with van der Waals surface area (Å²) in [5.41, 5.74) is 11.6. The highest BCUT2D eigenvalue weighted by Crippen LogP contribution is 2.29. The molecule has 4 aliphatic rings. The number of amides is 3. The van der Waals surface area contributed by atoms with Crippen LogP contribution in [-0.2, 0) is 14.2 Å². The van der Waals surface area contributed by atoms with E-state index in [0.29, 0.717) is 60.0 Å². The lowest BCUT2D eigenvalue weighted by Gasteiger charge is -2.40. The number of aromatic amines is 3. The number of hydrogen-bond donors (Lipinski definition) is 7. The average molecular weight is 1380 g/mol. The summed E-state index contributed by atoms with van der Waals surface area (Å²) in [6, 6.07) is 46.5. The molecule has 0 bridgehead atoms. The Labute approximate surface area is 595 Å². The van der Waals surface area contributed by atoms with E-state index in [9.17, 15) is 14.4 Å². The zero-order valence-electron chi connectivity index (χ0n) is 57.4. The van der Waals surface area contributed by atoms with Gasteiger partial charge in [-0.25, -0.2) is 29.9 Å². The van der Waals surface area contributed by atoms with E-state index in [4.69, 9.17) is 14.2 Å². The van der Waals surface area contributed by atoms with E-state index in [1.54, 1.807) is 42.1 Å². The second-order valence-electron chi connectivity index (χ2n) is 25.7. The smallest absolute Gasteiger partial charge is 0.270 e. The molecule has 26 nitrogen and oxygen atoms in total. The number of rotatable bonds is 19. The van der Waals surface area contributed by atoms with Crippen LogP contribution in [-0.4, -0.2) is 209 Å². The topological polar surface area (TPSA) is 303 Å². The van der Waals surface area contributed by atoms with Crippen molar-refractivity contribution >= 4 is 85.3 Å². The third-order valence-electron chi connectivity index (χ3n) is 18.7. The second-order valence-corrected chi connectivity index (χ2v) is 25.7. The molecule has 3 amide bonds. The van der Waals surface area contributed by atoms with Gasteiger partial charge in [-0.1, -0.05) is 18.2 Å². The summed E-state index contributed by atoms with van der Waals surface area (Å²) in [6.45, 7) is 12.6. The number of pyridine rings is 3. The van der Waals surface area contributed by atoms with Gasteiger partial charge in [-0.2, -0.15) is 0 Å². The van der Waals surface area contributed by atoms with Gasteiger partial charge in [-0.15, -0.1) is 0 Å². The predicted molar refractivity (Wildman–Crippen MR) is 397 cm³/mol. The first-order valence-electron chi connectivity index (χ1n) is 35.1. The number of fused-ring (bicyclic) bond motifs is 3. The van der Waals surface area contributed by atoms with Gasteiger partial charge in [0.15, 0.2) is 0 Å². The predicted octanol–water partition coefficient (Wildman–Crippen LogP) is 11.2. The van der Waals surface area contributed by atoms with Gasteiger partial charge < -0.3 is 60.2 Å². The Morgan fingerprint density at radius 2 is 0.913 bits per heavy atom. The highest BCUT2D eigenvalue weighted by molar-refractivity contribution is 6.01. The van der Waals surface area contributed by atoms with Crippen LogP contribution < -0.4 is 21.3 Å². The van der Waals surface area contributed by atoms with Gasteiger partial charge in [0.05, 0.1) is 60.6 Å². The van der Waals surface area contributed by atoms with Crippen LogP contribution in [0.5, 0.6) is 0 Å².